The van der Waals surface area contributed by atoms with E-state index in [0.717, 1.165) is 5.56 Å². The Hall–Kier alpha value is -1.55. The van der Waals surface area contributed by atoms with Gasteiger partial charge in [0.25, 0.3) is 0 Å². The van der Waals surface area contributed by atoms with E-state index in [2.05, 4.69) is 20.8 Å². The molecule has 0 spiro atoms. The van der Waals surface area contributed by atoms with Crippen LogP contribution in [0, 0.1) is 0 Å². The van der Waals surface area contributed by atoms with Crippen molar-refractivity contribution in [2.45, 2.75) is 45.1 Å². The number of benzene rings is 1. The number of methoxy groups -OCH3 is 1. The van der Waals surface area contributed by atoms with Crippen LogP contribution in [0.2, 0.25) is 0 Å². The highest BCUT2D eigenvalue weighted by Gasteiger charge is 2.31. The van der Waals surface area contributed by atoms with E-state index in [1.165, 1.54) is 14.0 Å². The number of aliphatic carboxylic acids is 1. The van der Waals surface area contributed by atoms with Gasteiger partial charge in [-0.15, -0.1) is 0 Å². The zero-order chi connectivity index (χ0) is 14.8. The number of ether oxygens (including phenoxy) is 1. The molecule has 1 unspecified atom stereocenters. The van der Waals surface area contributed by atoms with E-state index in [4.69, 9.17) is 9.84 Å². The van der Waals surface area contributed by atoms with Crippen LogP contribution in [0.3, 0.4) is 0 Å². The topological polar surface area (TPSA) is 66.8 Å². The predicted molar refractivity (Wildman–Crippen MR) is 73.5 cm³/mol. The minimum atomic E-state index is -1.46. The third kappa shape index (κ3) is 3.70. The van der Waals surface area contributed by atoms with Gasteiger partial charge >= 0.3 is 5.97 Å². The molecule has 0 heterocycles. The van der Waals surface area contributed by atoms with Crippen molar-refractivity contribution in [1.29, 1.82) is 0 Å². The van der Waals surface area contributed by atoms with Gasteiger partial charge in [0.2, 0.25) is 0 Å². The Morgan fingerprint density at radius 2 is 1.84 bits per heavy atom. The van der Waals surface area contributed by atoms with Gasteiger partial charge in [-0.3, -0.25) is 4.79 Å². The van der Waals surface area contributed by atoms with E-state index < -0.39 is 11.6 Å². The summed E-state index contributed by atoms with van der Waals surface area (Å²) in [5.41, 5.74) is -0.0162. The zero-order valence-corrected chi connectivity index (χ0v) is 12.2. The number of rotatable bonds is 4. The minimum Gasteiger partial charge on any atom is -0.496 e. The molecule has 0 bridgehead atoms. The molecule has 0 saturated carbocycles. The maximum atomic E-state index is 10.9. The summed E-state index contributed by atoms with van der Waals surface area (Å²) < 4.78 is 5.23. The molecule has 106 valence electrons. The molecule has 2 N–H and O–H groups in total. The van der Waals surface area contributed by atoms with Crippen molar-refractivity contribution >= 4 is 5.97 Å². The molecule has 0 aromatic heterocycles. The maximum Gasteiger partial charge on any atom is 0.306 e. The molecule has 0 amide bonds. The van der Waals surface area contributed by atoms with Crippen LogP contribution in [0.25, 0.3) is 0 Å². The number of carboxylic acids is 1. The monoisotopic (exact) mass is 266 g/mol. The van der Waals surface area contributed by atoms with Gasteiger partial charge in [-0.25, -0.2) is 0 Å². The van der Waals surface area contributed by atoms with Crippen molar-refractivity contribution in [2.24, 2.45) is 0 Å². The highest BCUT2D eigenvalue weighted by atomic mass is 16.5. The number of hydrogen-bond donors (Lipinski definition) is 2. The van der Waals surface area contributed by atoms with Gasteiger partial charge in [0.1, 0.15) is 11.4 Å². The largest absolute Gasteiger partial charge is 0.496 e. The first-order valence-electron chi connectivity index (χ1n) is 6.21. The highest BCUT2D eigenvalue weighted by molar-refractivity contribution is 5.69. The molecule has 0 radical (unpaired) electrons. The first kappa shape index (κ1) is 15.5. The van der Waals surface area contributed by atoms with Gasteiger partial charge < -0.3 is 14.9 Å². The molecule has 1 atom stereocenters. The van der Waals surface area contributed by atoms with E-state index in [-0.39, 0.29) is 11.8 Å². The highest BCUT2D eigenvalue weighted by Crippen LogP contribution is 2.36. The summed E-state index contributed by atoms with van der Waals surface area (Å²) in [6.45, 7) is 7.67. The molecule has 0 aliphatic carbocycles. The molecular weight excluding hydrogens is 244 g/mol. The molecule has 1 aromatic rings. The Labute approximate surface area is 114 Å². The molecular formula is C15H22O4. The standard InChI is InChI=1S/C15H22O4/c1-14(2,3)10-6-7-12(19-5)11(8-10)15(4,18)9-13(16)17/h6-8,18H,9H2,1-5H3,(H,16,17). The summed E-state index contributed by atoms with van der Waals surface area (Å²) in [7, 11) is 1.51. The molecule has 1 rings (SSSR count). The third-order valence-electron chi connectivity index (χ3n) is 3.14. The molecule has 0 aliphatic heterocycles. The van der Waals surface area contributed by atoms with Crippen LogP contribution < -0.4 is 4.74 Å². The van der Waals surface area contributed by atoms with Crippen molar-refractivity contribution in [3.05, 3.63) is 29.3 Å². The lowest BCUT2D eigenvalue weighted by atomic mass is 9.82. The van der Waals surface area contributed by atoms with Crippen LogP contribution in [0.15, 0.2) is 18.2 Å². The molecule has 1 aromatic carbocycles. The summed E-state index contributed by atoms with van der Waals surface area (Å²) in [6.07, 6.45) is -0.364. The summed E-state index contributed by atoms with van der Waals surface area (Å²) in [5, 5.41) is 19.3. The Balaban J connectivity index is 3.34. The number of carboxylic acid groups (broad SMARTS) is 1. The van der Waals surface area contributed by atoms with Crippen LogP contribution >= 0.6 is 0 Å². The van der Waals surface area contributed by atoms with E-state index in [0.29, 0.717) is 11.3 Å². The molecule has 0 aliphatic rings. The van der Waals surface area contributed by atoms with Crippen LogP contribution in [-0.4, -0.2) is 23.3 Å². The average Bonchev–Trinajstić information content (AvgIpc) is 2.25. The summed E-state index contributed by atoms with van der Waals surface area (Å²) in [5.74, 6) is -0.549. The van der Waals surface area contributed by atoms with E-state index in [1.54, 1.807) is 6.07 Å². The fourth-order valence-corrected chi connectivity index (χ4v) is 1.99. The molecule has 0 fully saturated rings. The van der Waals surface area contributed by atoms with E-state index in [1.807, 2.05) is 12.1 Å². The van der Waals surface area contributed by atoms with Crippen LogP contribution in [-0.2, 0) is 15.8 Å². The van der Waals surface area contributed by atoms with Gasteiger partial charge in [-0.05, 0) is 30.0 Å². The lowest BCUT2D eigenvalue weighted by Gasteiger charge is -2.27. The Bertz CT molecular complexity index is 470. The maximum absolute atomic E-state index is 10.9. The van der Waals surface area contributed by atoms with Gasteiger partial charge in [-0.1, -0.05) is 26.8 Å². The Morgan fingerprint density at radius 3 is 2.26 bits per heavy atom. The third-order valence-corrected chi connectivity index (χ3v) is 3.14. The number of aliphatic hydroxyl groups is 1. The van der Waals surface area contributed by atoms with Crippen LogP contribution in [0.5, 0.6) is 5.75 Å². The molecule has 19 heavy (non-hydrogen) atoms. The quantitative estimate of drug-likeness (QED) is 0.879. The van der Waals surface area contributed by atoms with Gasteiger partial charge in [0, 0.05) is 5.56 Å². The smallest absolute Gasteiger partial charge is 0.306 e. The van der Waals surface area contributed by atoms with E-state index >= 15 is 0 Å². The van der Waals surface area contributed by atoms with Crippen LogP contribution in [0.4, 0.5) is 0 Å². The Kier molecular flexibility index (Phi) is 4.25. The van der Waals surface area contributed by atoms with Crippen molar-refractivity contribution in [3.63, 3.8) is 0 Å². The SMILES string of the molecule is COc1ccc(C(C)(C)C)cc1C(C)(O)CC(=O)O. The summed E-state index contributed by atoms with van der Waals surface area (Å²) >= 11 is 0. The van der Waals surface area contributed by atoms with Crippen LogP contribution in [0.1, 0.15) is 45.2 Å². The van der Waals surface area contributed by atoms with Gasteiger partial charge in [-0.2, -0.15) is 0 Å². The second-order valence-electron chi connectivity index (χ2n) is 6.01. The zero-order valence-electron chi connectivity index (χ0n) is 12.2. The lowest BCUT2D eigenvalue weighted by Crippen LogP contribution is -2.26. The predicted octanol–water partition coefficient (Wildman–Crippen LogP) is 2.67. The fourth-order valence-electron chi connectivity index (χ4n) is 1.99. The second-order valence-corrected chi connectivity index (χ2v) is 6.01. The first-order chi connectivity index (χ1) is 8.58. The summed E-state index contributed by atoms with van der Waals surface area (Å²) in [6, 6.07) is 5.52. The van der Waals surface area contributed by atoms with Crippen molar-refractivity contribution < 1.29 is 19.7 Å². The Morgan fingerprint density at radius 1 is 1.26 bits per heavy atom. The minimum absolute atomic E-state index is 0.0830. The average molecular weight is 266 g/mol. The van der Waals surface area contributed by atoms with Gasteiger partial charge in [0.05, 0.1) is 13.5 Å². The van der Waals surface area contributed by atoms with Crippen molar-refractivity contribution in [2.75, 3.05) is 7.11 Å². The van der Waals surface area contributed by atoms with E-state index in [9.17, 15) is 9.90 Å². The molecule has 4 heteroatoms. The normalized spacial score (nSPS) is 14.8. The van der Waals surface area contributed by atoms with Crippen molar-refractivity contribution in [1.82, 2.24) is 0 Å². The fraction of sp³-hybridized carbons (Fsp3) is 0.533. The van der Waals surface area contributed by atoms with Crippen molar-refractivity contribution in [3.8, 4) is 5.75 Å². The first-order valence-corrected chi connectivity index (χ1v) is 6.21. The van der Waals surface area contributed by atoms with Gasteiger partial charge in [0.15, 0.2) is 0 Å². The number of carbonyl (C=O) groups is 1. The molecule has 0 saturated heterocycles. The molecule has 4 nitrogen and oxygen atoms in total. The summed E-state index contributed by atoms with van der Waals surface area (Å²) in [4.78, 5) is 10.9. The second kappa shape index (κ2) is 5.21. The lowest BCUT2D eigenvalue weighted by molar-refractivity contribution is -0.142. The number of hydrogen-bond acceptors (Lipinski definition) is 3.